The minimum absolute atomic E-state index is 0.142. The monoisotopic (exact) mass is 344 g/mol. The van der Waals surface area contributed by atoms with E-state index in [1.165, 1.54) is 0 Å². The minimum Gasteiger partial charge on any atom is -0.490 e. The van der Waals surface area contributed by atoms with E-state index < -0.39 is 0 Å². The molecule has 7 nitrogen and oxygen atoms in total. The molecule has 3 heterocycles. The first-order chi connectivity index (χ1) is 12.8. The predicted octanol–water partition coefficient (Wildman–Crippen LogP) is 3.19. The summed E-state index contributed by atoms with van der Waals surface area (Å²) in [4.78, 5) is 7.50. The molecule has 5 rings (SSSR count). The molecule has 1 aromatic carbocycles. The summed E-state index contributed by atoms with van der Waals surface area (Å²) >= 11 is 0. The first-order valence-electron chi connectivity index (χ1n) is 8.66. The van der Waals surface area contributed by atoms with Gasteiger partial charge in [-0.2, -0.15) is 5.26 Å². The number of aromatic amines is 1. The summed E-state index contributed by atoms with van der Waals surface area (Å²) in [6, 6.07) is 11.4. The molecule has 0 spiro atoms. The van der Waals surface area contributed by atoms with Crippen molar-refractivity contribution in [3.8, 4) is 11.8 Å². The lowest BCUT2D eigenvalue weighted by molar-refractivity contribution is 0.207. The molecule has 1 N–H and O–H groups in total. The third-order valence-corrected chi connectivity index (χ3v) is 5.00. The Morgan fingerprint density at radius 2 is 2.04 bits per heavy atom. The smallest absolute Gasteiger partial charge is 0.179 e. The van der Waals surface area contributed by atoms with Crippen molar-refractivity contribution < 1.29 is 4.74 Å². The maximum Gasteiger partial charge on any atom is 0.179 e. The summed E-state index contributed by atoms with van der Waals surface area (Å²) in [5, 5.41) is 17.6. The largest absolute Gasteiger partial charge is 0.490 e. The Morgan fingerprint density at radius 1 is 1.15 bits per heavy atom. The summed E-state index contributed by atoms with van der Waals surface area (Å²) in [6.45, 7) is 0. The van der Waals surface area contributed by atoms with Crippen LogP contribution in [0.2, 0.25) is 0 Å². The topological polar surface area (TPSA) is 91.9 Å². The Hall–Kier alpha value is -3.40. The molecule has 128 valence electrons. The highest BCUT2D eigenvalue weighted by molar-refractivity contribution is 5.74. The molecule has 1 aliphatic rings. The third kappa shape index (κ3) is 2.39. The van der Waals surface area contributed by atoms with Gasteiger partial charge in [-0.3, -0.25) is 4.40 Å². The SMILES string of the molecule is N#Cc1ccc(O[C@@H]2CC[C@@H](c3nnc4cnc5[nH]ccc5n34)C2)cc1. The Balaban J connectivity index is 1.39. The maximum absolute atomic E-state index is 8.89. The molecule has 2 atom stereocenters. The van der Waals surface area contributed by atoms with Gasteiger partial charge < -0.3 is 9.72 Å². The van der Waals surface area contributed by atoms with E-state index in [9.17, 15) is 0 Å². The van der Waals surface area contributed by atoms with E-state index in [2.05, 4.69) is 30.6 Å². The van der Waals surface area contributed by atoms with Crippen LogP contribution in [0, 0.1) is 11.3 Å². The number of rotatable bonds is 3. The van der Waals surface area contributed by atoms with Crippen LogP contribution in [0.4, 0.5) is 0 Å². The lowest BCUT2D eigenvalue weighted by Gasteiger charge is -2.14. The molecule has 1 aliphatic carbocycles. The summed E-state index contributed by atoms with van der Waals surface area (Å²) < 4.78 is 8.19. The number of aromatic nitrogens is 5. The first kappa shape index (κ1) is 14.9. The summed E-state index contributed by atoms with van der Waals surface area (Å²) in [5.41, 5.74) is 3.24. The van der Waals surface area contributed by atoms with Crippen molar-refractivity contribution in [3.05, 3.63) is 54.1 Å². The molecule has 0 unspecified atom stereocenters. The van der Waals surface area contributed by atoms with Gasteiger partial charge in [0.25, 0.3) is 0 Å². The fraction of sp³-hybridized carbons (Fsp3) is 0.263. The second kappa shape index (κ2) is 5.85. The fourth-order valence-corrected chi connectivity index (χ4v) is 3.74. The van der Waals surface area contributed by atoms with Crippen LogP contribution in [0.3, 0.4) is 0 Å². The second-order valence-electron chi connectivity index (χ2n) is 6.61. The molecule has 3 aromatic heterocycles. The van der Waals surface area contributed by atoms with Gasteiger partial charge in [-0.1, -0.05) is 0 Å². The number of hydrogen-bond donors (Lipinski definition) is 1. The molecule has 1 saturated carbocycles. The van der Waals surface area contributed by atoms with E-state index in [-0.39, 0.29) is 6.10 Å². The number of ether oxygens (including phenoxy) is 1. The Kier molecular flexibility index (Phi) is 3.35. The lowest BCUT2D eigenvalue weighted by Crippen LogP contribution is -2.12. The number of H-pyrrole nitrogens is 1. The van der Waals surface area contributed by atoms with Crippen LogP contribution in [-0.2, 0) is 0 Å². The third-order valence-electron chi connectivity index (χ3n) is 5.00. The number of fused-ring (bicyclic) bond motifs is 3. The number of nitriles is 1. The maximum atomic E-state index is 8.89. The molecule has 0 bridgehead atoms. The quantitative estimate of drug-likeness (QED) is 0.616. The molecular weight excluding hydrogens is 328 g/mol. The summed E-state index contributed by atoms with van der Waals surface area (Å²) in [5.74, 6) is 2.07. The van der Waals surface area contributed by atoms with Crippen molar-refractivity contribution >= 4 is 16.8 Å². The molecule has 0 aliphatic heterocycles. The van der Waals surface area contributed by atoms with Gasteiger partial charge in [0, 0.05) is 12.1 Å². The van der Waals surface area contributed by atoms with Crippen molar-refractivity contribution in [3.63, 3.8) is 0 Å². The van der Waals surface area contributed by atoms with E-state index >= 15 is 0 Å². The van der Waals surface area contributed by atoms with Gasteiger partial charge in [-0.25, -0.2) is 4.98 Å². The average Bonchev–Trinajstić information content (AvgIpc) is 3.40. The van der Waals surface area contributed by atoms with E-state index in [4.69, 9.17) is 10.00 Å². The Morgan fingerprint density at radius 3 is 2.88 bits per heavy atom. The van der Waals surface area contributed by atoms with Crippen molar-refractivity contribution in [1.82, 2.24) is 24.6 Å². The van der Waals surface area contributed by atoms with Crippen LogP contribution in [0.5, 0.6) is 5.75 Å². The van der Waals surface area contributed by atoms with E-state index in [0.717, 1.165) is 47.6 Å². The van der Waals surface area contributed by atoms with Gasteiger partial charge in [0.05, 0.1) is 29.5 Å². The van der Waals surface area contributed by atoms with E-state index in [1.54, 1.807) is 18.3 Å². The average molecular weight is 344 g/mol. The molecule has 7 heteroatoms. The van der Waals surface area contributed by atoms with Crippen LogP contribution < -0.4 is 4.74 Å². The number of nitrogens with one attached hydrogen (secondary N) is 1. The highest BCUT2D eigenvalue weighted by Gasteiger charge is 2.31. The zero-order valence-electron chi connectivity index (χ0n) is 14.0. The van der Waals surface area contributed by atoms with Gasteiger partial charge in [0.2, 0.25) is 0 Å². The molecule has 1 fully saturated rings. The highest BCUT2D eigenvalue weighted by atomic mass is 16.5. The molecule has 4 aromatic rings. The standard InChI is InChI=1S/C19H16N6O/c20-10-12-1-4-14(5-2-12)26-15-6-3-13(9-15)19-24-23-17-11-22-18-16(25(17)19)7-8-21-18/h1-2,4-5,7-8,11,13,15,21H,3,6,9H2/t13-,15-/m1/s1. The van der Waals surface area contributed by atoms with Gasteiger partial charge in [0.1, 0.15) is 11.6 Å². The molecular formula is C19H16N6O. The van der Waals surface area contributed by atoms with Crippen LogP contribution in [0.15, 0.2) is 42.7 Å². The zero-order chi connectivity index (χ0) is 17.5. The number of hydrogen-bond acceptors (Lipinski definition) is 5. The van der Waals surface area contributed by atoms with Gasteiger partial charge in [-0.15, -0.1) is 10.2 Å². The van der Waals surface area contributed by atoms with E-state index in [0.29, 0.717) is 11.5 Å². The first-order valence-corrected chi connectivity index (χ1v) is 8.66. The molecule has 0 radical (unpaired) electrons. The predicted molar refractivity (Wildman–Crippen MR) is 94.8 cm³/mol. The Bertz CT molecular complexity index is 1120. The zero-order valence-corrected chi connectivity index (χ0v) is 14.0. The van der Waals surface area contributed by atoms with Crippen LogP contribution in [-0.4, -0.2) is 30.7 Å². The number of benzene rings is 1. The van der Waals surface area contributed by atoms with Crippen LogP contribution >= 0.6 is 0 Å². The van der Waals surface area contributed by atoms with Gasteiger partial charge >= 0.3 is 0 Å². The van der Waals surface area contributed by atoms with Crippen molar-refractivity contribution in [1.29, 1.82) is 5.26 Å². The minimum atomic E-state index is 0.142. The van der Waals surface area contributed by atoms with Crippen LogP contribution in [0.25, 0.3) is 16.8 Å². The molecule has 0 saturated heterocycles. The van der Waals surface area contributed by atoms with Gasteiger partial charge in [-0.05, 0) is 49.6 Å². The molecule has 0 amide bonds. The second-order valence-corrected chi connectivity index (χ2v) is 6.61. The lowest BCUT2D eigenvalue weighted by atomic mass is 10.1. The number of nitrogens with zero attached hydrogens (tertiary/aromatic N) is 5. The van der Waals surface area contributed by atoms with E-state index in [1.807, 2.05) is 24.4 Å². The fourth-order valence-electron chi connectivity index (χ4n) is 3.74. The summed E-state index contributed by atoms with van der Waals surface area (Å²) in [6.07, 6.45) is 6.65. The summed E-state index contributed by atoms with van der Waals surface area (Å²) in [7, 11) is 0. The van der Waals surface area contributed by atoms with Crippen molar-refractivity contribution in [2.24, 2.45) is 0 Å². The highest BCUT2D eigenvalue weighted by Crippen LogP contribution is 2.36. The van der Waals surface area contributed by atoms with Crippen molar-refractivity contribution in [2.45, 2.75) is 31.3 Å². The van der Waals surface area contributed by atoms with Crippen molar-refractivity contribution in [2.75, 3.05) is 0 Å². The van der Waals surface area contributed by atoms with Gasteiger partial charge in [0.15, 0.2) is 11.3 Å². The molecule has 26 heavy (non-hydrogen) atoms. The Labute approximate surface area is 149 Å². The van der Waals surface area contributed by atoms with Crippen LogP contribution in [0.1, 0.15) is 36.6 Å². The normalized spacial score (nSPS) is 19.8.